The highest BCUT2D eigenvalue weighted by Gasteiger charge is 2.63. The molecule has 2 saturated carbocycles. The van der Waals surface area contributed by atoms with Gasteiger partial charge in [0.1, 0.15) is 11.3 Å². The maximum atomic E-state index is 13.5. The molecule has 0 radical (unpaired) electrons. The van der Waals surface area contributed by atoms with Crippen LogP contribution in [-0.4, -0.2) is 48.5 Å². The first-order chi connectivity index (χ1) is 15.2. The Morgan fingerprint density at radius 3 is 2.55 bits per heavy atom. The Morgan fingerprint density at radius 1 is 1.24 bits per heavy atom. The molecule has 1 aromatic rings. The number of benzene rings is 1. The summed E-state index contributed by atoms with van der Waals surface area (Å²) in [6.07, 6.45) is -1.07. The molecular weight excluding hydrogens is 591 g/mol. The minimum Gasteiger partial charge on any atom is -0.743 e. The molecule has 4 atom stereocenters. The average molecular weight is 607 g/mol. The molecule has 1 spiro atoms. The van der Waals surface area contributed by atoms with Crippen LogP contribution in [0.15, 0.2) is 18.2 Å². The Bertz CT molecular complexity index is 1110. The van der Waals surface area contributed by atoms with Gasteiger partial charge in [-0.3, -0.25) is 4.79 Å². The topological polar surface area (TPSA) is 119 Å². The summed E-state index contributed by atoms with van der Waals surface area (Å²) in [5.74, 6) is -9.06. The Hall–Kier alpha value is -1.68. The van der Waals surface area contributed by atoms with E-state index in [9.17, 15) is 40.1 Å². The first-order valence-corrected chi connectivity index (χ1v) is 12.3. The van der Waals surface area contributed by atoms with Crippen molar-refractivity contribution >= 4 is 44.6 Å². The smallest absolute Gasteiger partial charge is 0.396 e. The van der Waals surface area contributed by atoms with E-state index >= 15 is 0 Å². The van der Waals surface area contributed by atoms with E-state index in [0.29, 0.717) is 12.2 Å². The summed E-state index contributed by atoms with van der Waals surface area (Å²) in [4.78, 5) is 24.8. The van der Waals surface area contributed by atoms with E-state index < -0.39 is 58.0 Å². The van der Waals surface area contributed by atoms with Crippen LogP contribution in [0, 0.1) is 21.3 Å². The molecule has 0 amide bonds. The predicted octanol–water partition coefficient (Wildman–Crippen LogP) is 3.29. The molecule has 1 aliphatic heterocycles. The van der Waals surface area contributed by atoms with Gasteiger partial charge < -0.3 is 18.8 Å². The van der Waals surface area contributed by atoms with E-state index in [2.05, 4.69) is 22.6 Å². The van der Waals surface area contributed by atoms with E-state index in [-0.39, 0.29) is 30.2 Å². The lowest BCUT2D eigenvalue weighted by Gasteiger charge is -2.41. The van der Waals surface area contributed by atoms with E-state index in [1.54, 1.807) is 18.2 Å². The minimum atomic E-state index is -6.61. The van der Waals surface area contributed by atoms with Crippen molar-refractivity contribution in [1.29, 1.82) is 0 Å². The van der Waals surface area contributed by atoms with Crippen LogP contribution in [0.4, 0.5) is 17.6 Å². The van der Waals surface area contributed by atoms with Gasteiger partial charge in [-0.05, 0) is 59.5 Å². The number of ether oxygens (including phenoxy) is 3. The van der Waals surface area contributed by atoms with E-state index in [4.69, 9.17) is 14.2 Å². The van der Waals surface area contributed by atoms with Crippen LogP contribution in [0.2, 0.25) is 0 Å². The van der Waals surface area contributed by atoms with Gasteiger partial charge in [-0.25, -0.2) is 13.2 Å². The molecule has 0 saturated heterocycles. The number of fused-ring (bicyclic) bond motifs is 4. The third-order valence-electron chi connectivity index (χ3n) is 6.28. The lowest BCUT2D eigenvalue weighted by Crippen LogP contribution is -2.50. The molecule has 182 valence electrons. The van der Waals surface area contributed by atoms with Gasteiger partial charge in [0.2, 0.25) is 0 Å². The molecule has 4 rings (SSSR count). The molecule has 1 heterocycles. The fourth-order valence-corrected chi connectivity index (χ4v) is 5.59. The number of halogens is 5. The first kappa shape index (κ1) is 24.4. The van der Waals surface area contributed by atoms with Crippen molar-refractivity contribution in [2.45, 2.75) is 42.6 Å². The molecule has 0 aromatic heterocycles. The molecule has 14 heteroatoms. The van der Waals surface area contributed by atoms with Gasteiger partial charge >= 0.3 is 23.1 Å². The highest BCUT2D eigenvalue weighted by Crippen LogP contribution is 2.57. The van der Waals surface area contributed by atoms with Gasteiger partial charge in [-0.1, -0.05) is 0 Å². The Balaban J connectivity index is 1.37. The summed E-state index contributed by atoms with van der Waals surface area (Å²) in [5, 5.41) is -5.83. The van der Waals surface area contributed by atoms with Gasteiger partial charge in [0.25, 0.3) is 5.79 Å². The number of alkyl halides is 4. The molecule has 2 bridgehead atoms. The second-order valence-corrected chi connectivity index (χ2v) is 10.9. The van der Waals surface area contributed by atoms with Crippen LogP contribution < -0.4 is 4.74 Å². The van der Waals surface area contributed by atoms with Crippen LogP contribution in [0.25, 0.3) is 0 Å². The maximum absolute atomic E-state index is 13.5. The third-order valence-corrected chi connectivity index (χ3v) is 7.88. The summed E-state index contributed by atoms with van der Waals surface area (Å²) in [5.41, 5.74) is 0.276. The molecule has 2 aliphatic carbocycles. The Morgan fingerprint density at radius 2 is 1.94 bits per heavy atom. The normalized spacial score (nSPS) is 28.9. The summed E-state index contributed by atoms with van der Waals surface area (Å²) < 4.78 is 102. The molecule has 0 N–H and O–H groups in total. The van der Waals surface area contributed by atoms with Crippen molar-refractivity contribution < 1.29 is 54.3 Å². The molecule has 4 unspecified atom stereocenters. The Labute approximate surface area is 198 Å². The van der Waals surface area contributed by atoms with Crippen molar-refractivity contribution in [2.24, 2.45) is 17.8 Å². The van der Waals surface area contributed by atoms with E-state index in [1.807, 2.05) is 0 Å². The zero-order chi connectivity index (χ0) is 24.4. The van der Waals surface area contributed by atoms with E-state index in [1.165, 1.54) is 0 Å². The summed E-state index contributed by atoms with van der Waals surface area (Å²) in [7, 11) is -6.61. The number of hydrogen-bond acceptors (Lipinski definition) is 8. The zero-order valence-electron chi connectivity index (χ0n) is 16.6. The highest BCUT2D eigenvalue weighted by atomic mass is 127. The van der Waals surface area contributed by atoms with Crippen molar-refractivity contribution in [3.8, 4) is 5.75 Å². The molecule has 1 aromatic carbocycles. The fourth-order valence-electron chi connectivity index (χ4n) is 4.66. The number of rotatable bonds is 6. The van der Waals surface area contributed by atoms with Gasteiger partial charge in [-0.15, -0.1) is 0 Å². The average Bonchev–Trinajstić information content (AvgIpc) is 3.24. The third kappa shape index (κ3) is 4.07. The largest absolute Gasteiger partial charge is 0.743 e. The van der Waals surface area contributed by atoms with Crippen LogP contribution in [0.3, 0.4) is 0 Å². The zero-order valence-corrected chi connectivity index (χ0v) is 19.5. The molecular formula is C19H16F4IO8S-. The SMILES string of the molecule is O=C1OC2(CC3CC2CC3C(=O)OCCC(F)(F)C(F)(F)S(=O)(=O)[O-])Oc2cc(I)ccc21. The van der Waals surface area contributed by atoms with Crippen LogP contribution >= 0.6 is 22.6 Å². The van der Waals surface area contributed by atoms with Crippen LogP contribution in [0.1, 0.15) is 36.0 Å². The van der Waals surface area contributed by atoms with Gasteiger partial charge in [-0.2, -0.15) is 17.6 Å². The standard InChI is InChI=1S/C19H17F4IO8S/c20-18(21,19(22,23)33(27,28)29)3-4-30-15(25)13-6-10-5-9(13)8-17(10)31-14-7-11(24)1-2-12(14)16(26)32-17/h1-2,7,9-10,13H,3-6,8H2,(H,27,28,29)/p-1. The number of carbonyl (C=O) groups is 2. The van der Waals surface area contributed by atoms with Crippen LogP contribution in [-0.2, 0) is 24.4 Å². The van der Waals surface area contributed by atoms with Crippen molar-refractivity contribution in [2.75, 3.05) is 6.61 Å². The number of esters is 2. The van der Waals surface area contributed by atoms with E-state index in [0.717, 1.165) is 3.57 Å². The second-order valence-electron chi connectivity index (χ2n) is 8.28. The molecule has 33 heavy (non-hydrogen) atoms. The maximum Gasteiger partial charge on any atom is 0.396 e. The molecule has 3 aliphatic rings. The number of hydrogen-bond donors (Lipinski definition) is 0. The quantitative estimate of drug-likeness (QED) is 0.209. The van der Waals surface area contributed by atoms with Crippen molar-refractivity contribution in [1.82, 2.24) is 0 Å². The first-order valence-electron chi connectivity index (χ1n) is 9.76. The monoisotopic (exact) mass is 607 g/mol. The second kappa shape index (κ2) is 7.93. The van der Waals surface area contributed by atoms with Gasteiger partial charge in [0, 0.05) is 15.9 Å². The Kier molecular flexibility index (Phi) is 5.88. The van der Waals surface area contributed by atoms with Crippen LogP contribution in [0.5, 0.6) is 5.75 Å². The number of carbonyl (C=O) groups excluding carboxylic acids is 2. The van der Waals surface area contributed by atoms with Gasteiger partial charge in [0.15, 0.2) is 10.1 Å². The van der Waals surface area contributed by atoms with Gasteiger partial charge in [0.05, 0.1) is 18.9 Å². The minimum absolute atomic E-state index is 0.163. The summed E-state index contributed by atoms with van der Waals surface area (Å²) in [6.45, 7) is -1.20. The fraction of sp³-hybridized carbons (Fsp3) is 0.579. The molecule has 2 fully saturated rings. The van der Waals surface area contributed by atoms with Crippen molar-refractivity contribution in [3.05, 3.63) is 27.3 Å². The van der Waals surface area contributed by atoms with Crippen molar-refractivity contribution in [3.63, 3.8) is 0 Å². The predicted molar refractivity (Wildman–Crippen MR) is 107 cm³/mol. The molecule has 8 nitrogen and oxygen atoms in total. The summed E-state index contributed by atoms with van der Waals surface area (Å²) in [6, 6.07) is 4.99. The summed E-state index contributed by atoms with van der Waals surface area (Å²) >= 11 is 2.06. The highest BCUT2D eigenvalue weighted by molar-refractivity contribution is 14.1. The lowest BCUT2D eigenvalue weighted by atomic mass is 9.84. The lowest BCUT2D eigenvalue weighted by molar-refractivity contribution is -0.194.